The Kier molecular flexibility index (Phi) is 31.6. The maximum Gasteiger partial charge on any atom is 1.00 e. The lowest BCUT2D eigenvalue weighted by atomic mass is 10.5. The molecule has 13 N–H and O–H groups in total. The standard InChI is InChI=1S/2C4H8N6O4.2C4H7N5O3.2C4H6N4O2/c2*11-9-10(12)4(7-8-14-13)3-5-1-2-6-3;2*10-8-4(7-9-12-11)3-5-1-2-6-3;2*9-7-4(8-10)3-5-1-2-6-3/h2*8,11,13H,1-2H2,(H,5,6);10-11H,1-2H2,(H,5,6);9,11H,1-2H2,(H,5,6);2*9H,1-2H2,(H,5,6)/p-3/b7-4?,10-9-;;8-4+,9-7?;;7-4-;. The highest BCUT2D eigenvalue weighted by Gasteiger charge is 2.24. The molecule has 0 fully saturated rings. The summed E-state index contributed by atoms with van der Waals surface area (Å²) >= 11 is 0. The van der Waals surface area contributed by atoms with Crippen molar-refractivity contribution in [2.24, 2.45) is 97.2 Å². The van der Waals surface area contributed by atoms with Crippen LogP contribution in [-0.2, 0) is 20.0 Å². The van der Waals surface area contributed by atoms with Crippen LogP contribution in [0.1, 0.15) is 2.85 Å². The zero-order valence-electron chi connectivity index (χ0n) is 37.9. The van der Waals surface area contributed by atoms with Crippen LogP contribution in [0.25, 0.3) is 0 Å². The largest absolute Gasteiger partial charge is 1.00 e. The smallest absolute Gasteiger partial charge is 0.790 e. The van der Waals surface area contributed by atoms with Gasteiger partial charge in [-0.25, -0.2) is 10.5 Å². The molecule has 0 aromatic rings. The summed E-state index contributed by atoms with van der Waals surface area (Å²) in [6.45, 7) is 6.81. The molecule has 0 atom stereocenters. The van der Waals surface area contributed by atoms with Crippen molar-refractivity contribution in [1.29, 1.82) is 0 Å². The van der Waals surface area contributed by atoms with E-state index in [1.165, 1.54) is 0 Å². The van der Waals surface area contributed by atoms with E-state index >= 15 is 0 Å². The maximum absolute atomic E-state index is 10.8. The summed E-state index contributed by atoms with van der Waals surface area (Å²) in [5.41, 5.74) is 4.84. The SMILES string of the molecule is O=N/C(=N\O)C1=NCCN1.O=NC(=NNO[O-])C1=NCCN1.O=NC(=NO)C1=NCCN1.[H+].[H+].[O-]/N=C(/N=NO[O-])C1=NCCN1.[O-]/N=[N+](\[O-])C(=NNOO)C1=NCCN1.[O-]N=[N+]([O-])C(=NNOO)C1=NCCN1. The molecule has 396 valence electrons. The first-order valence-electron chi connectivity index (χ1n) is 18.7. The lowest BCUT2D eigenvalue weighted by molar-refractivity contribution is -0.711. The van der Waals surface area contributed by atoms with Crippen molar-refractivity contribution in [2.45, 2.75) is 0 Å². The van der Waals surface area contributed by atoms with Gasteiger partial charge in [-0.05, 0) is 15.5 Å². The third-order valence-corrected chi connectivity index (χ3v) is 7.10. The third-order valence-electron chi connectivity index (χ3n) is 7.10. The summed E-state index contributed by atoms with van der Waals surface area (Å²) < 4.78 is 0. The van der Waals surface area contributed by atoms with E-state index in [2.05, 4.69) is 149 Å². The topological polar surface area (TPSA) is 680 Å². The van der Waals surface area contributed by atoms with Gasteiger partial charge in [-0.1, -0.05) is 36.6 Å². The quantitative estimate of drug-likeness (QED) is 0.0119. The van der Waals surface area contributed by atoms with Gasteiger partial charge in [-0.3, -0.25) is 35.1 Å². The fraction of sp³-hybridized carbons (Fsp3) is 0.500. The van der Waals surface area contributed by atoms with Crippen LogP contribution in [0.3, 0.4) is 0 Å². The van der Waals surface area contributed by atoms with E-state index in [1.54, 1.807) is 16.8 Å². The fourth-order valence-electron chi connectivity index (χ4n) is 4.42. The molecule has 72 heavy (non-hydrogen) atoms. The summed E-state index contributed by atoms with van der Waals surface area (Å²) in [4.78, 5) is 65.1. The first kappa shape index (κ1) is 60.0. The van der Waals surface area contributed by atoms with Gasteiger partial charge in [-0.2, -0.15) is 5.59 Å². The summed E-state index contributed by atoms with van der Waals surface area (Å²) in [6.07, 6.45) is 0. The van der Waals surface area contributed by atoms with Crippen molar-refractivity contribution in [1.82, 2.24) is 48.7 Å². The minimum atomic E-state index is -0.424. The highest BCUT2D eigenvalue weighted by molar-refractivity contribution is 6.42. The van der Waals surface area contributed by atoms with Crippen LogP contribution in [0.4, 0.5) is 0 Å². The molecular formula is C24H39N30O18-3. The molecule has 0 aromatic heterocycles. The molecule has 0 unspecified atom stereocenters. The van der Waals surface area contributed by atoms with Crippen LogP contribution < -0.4 is 59.2 Å². The van der Waals surface area contributed by atoms with E-state index in [4.69, 9.17) is 20.9 Å². The van der Waals surface area contributed by atoms with Crippen LogP contribution in [0.15, 0.2) is 97.2 Å². The monoisotopic (exact) mass is 1040 g/mol. The van der Waals surface area contributed by atoms with Gasteiger partial charge in [0.2, 0.25) is 17.5 Å². The van der Waals surface area contributed by atoms with Gasteiger partial charge in [-0.15, -0.1) is 40.1 Å². The Balaban J connectivity index is 0. The number of hydrazone groups is 3. The molecule has 6 aliphatic rings. The number of nitrogens with zero attached hydrogens (tertiary/aromatic N) is 21. The number of hydrogen-bond acceptors (Lipinski definition) is 42. The molecule has 6 aliphatic heterocycles. The van der Waals surface area contributed by atoms with Crippen LogP contribution in [0.2, 0.25) is 0 Å². The van der Waals surface area contributed by atoms with E-state index in [9.17, 15) is 51.3 Å². The van der Waals surface area contributed by atoms with E-state index < -0.39 is 11.7 Å². The summed E-state index contributed by atoms with van der Waals surface area (Å²) in [6, 6.07) is 0. The summed E-state index contributed by atoms with van der Waals surface area (Å²) in [5, 5.41) is 153. The van der Waals surface area contributed by atoms with Gasteiger partial charge in [0.05, 0.1) is 49.5 Å². The van der Waals surface area contributed by atoms with E-state index in [1.807, 2.05) is 0 Å². The molecule has 0 saturated heterocycles. The molecule has 0 aromatic carbocycles. The number of nitroso groups, excluding NO2 is 3. The lowest BCUT2D eigenvalue weighted by Crippen LogP contribution is -2.34. The Hall–Kier alpha value is -10.0. The van der Waals surface area contributed by atoms with Crippen molar-refractivity contribution < 1.29 is 64.0 Å². The fourth-order valence-corrected chi connectivity index (χ4v) is 4.42. The maximum atomic E-state index is 10.8. The van der Waals surface area contributed by atoms with Gasteiger partial charge in [0.1, 0.15) is 0 Å². The molecule has 6 heterocycles. The number of rotatable bonds is 13. The number of hydrogen-bond donors (Lipinski definition) is 13. The Morgan fingerprint density at radius 1 is 0.528 bits per heavy atom. The Labute approximate surface area is 399 Å². The average Bonchev–Trinajstić information content (AvgIpc) is 4.27. The van der Waals surface area contributed by atoms with Crippen molar-refractivity contribution in [3.8, 4) is 0 Å². The molecule has 0 spiro atoms. The molecule has 48 heteroatoms. The predicted molar refractivity (Wildman–Crippen MR) is 236 cm³/mol. The first-order chi connectivity index (χ1) is 35.1. The zero-order chi connectivity index (χ0) is 53.2. The van der Waals surface area contributed by atoms with Crippen LogP contribution in [-0.4, -0.2) is 179 Å². The summed E-state index contributed by atoms with van der Waals surface area (Å²) in [7, 11) is 0. The van der Waals surface area contributed by atoms with Gasteiger partial charge in [0, 0.05) is 44.5 Å². The van der Waals surface area contributed by atoms with Crippen molar-refractivity contribution in [2.75, 3.05) is 78.5 Å². The summed E-state index contributed by atoms with van der Waals surface area (Å²) in [5.74, 6) is -0.747. The second kappa shape index (κ2) is 38.0. The van der Waals surface area contributed by atoms with E-state index in [0.717, 1.165) is 0 Å². The van der Waals surface area contributed by atoms with Gasteiger partial charge in [0.25, 0.3) is 17.5 Å². The highest BCUT2D eigenvalue weighted by Crippen LogP contribution is 1.96. The lowest BCUT2D eigenvalue weighted by Gasteiger charge is -2.06. The van der Waals surface area contributed by atoms with Gasteiger partial charge in [0.15, 0.2) is 23.3 Å². The molecule has 0 radical (unpaired) electrons. The minimum absolute atomic E-state index is 0. The Bertz CT molecular complexity index is 2090. The molecule has 6 rings (SSSR count). The Morgan fingerprint density at radius 3 is 1.11 bits per heavy atom. The highest BCUT2D eigenvalue weighted by atomic mass is 17.2. The normalized spacial score (nSPS) is 17.6. The molecular weight excluding hydrogens is 996 g/mol. The predicted octanol–water partition coefficient (Wildman–Crippen LogP) is -6.77. The first-order valence-corrected chi connectivity index (χ1v) is 18.7. The molecule has 0 saturated carbocycles. The van der Waals surface area contributed by atoms with E-state index in [0.29, 0.717) is 78.5 Å². The minimum Gasteiger partial charge on any atom is -0.790 e. The average molecular weight is 1040 g/mol. The van der Waals surface area contributed by atoms with Crippen molar-refractivity contribution in [3.05, 3.63) is 40.8 Å². The van der Waals surface area contributed by atoms with Gasteiger partial charge >= 0.3 is 14.5 Å². The van der Waals surface area contributed by atoms with Crippen LogP contribution in [0, 0.1) is 40.8 Å². The number of amidine groups is 12. The number of aliphatic imine (C=N–C) groups is 6. The van der Waals surface area contributed by atoms with Crippen LogP contribution >= 0.6 is 0 Å². The zero-order valence-corrected chi connectivity index (χ0v) is 35.9. The van der Waals surface area contributed by atoms with E-state index in [-0.39, 0.29) is 70.9 Å². The Morgan fingerprint density at radius 2 is 0.861 bits per heavy atom. The molecule has 0 bridgehead atoms. The molecule has 0 amide bonds. The van der Waals surface area contributed by atoms with Gasteiger partial charge < -0.3 is 88.8 Å². The van der Waals surface area contributed by atoms with Crippen LogP contribution in [0.5, 0.6) is 0 Å². The van der Waals surface area contributed by atoms with Crippen molar-refractivity contribution >= 4 is 70.0 Å². The number of nitrogens with one attached hydrogen (secondary N) is 9. The van der Waals surface area contributed by atoms with Crippen molar-refractivity contribution in [3.63, 3.8) is 0 Å². The second-order valence-electron chi connectivity index (χ2n) is 11.3. The number of hydroxylamine groups is 2. The second-order valence-corrected chi connectivity index (χ2v) is 11.3. The molecule has 48 nitrogen and oxygen atoms in total. The third kappa shape index (κ3) is 22.6. The number of oxime groups is 2. The molecule has 0 aliphatic carbocycles.